The third-order valence-electron chi connectivity index (χ3n) is 11.5. The molecule has 0 aromatic heterocycles. The first-order chi connectivity index (χ1) is 22.7. The molecule has 3 heterocycles. The van der Waals surface area contributed by atoms with Gasteiger partial charge in [0.15, 0.2) is 0 Å². The highest BCUT2D eigenvalue weighted by Crippen LogP contribution is 2.47. The number of rotatable bonds is 3. The van der Waals surface area contributed by atoms with Gasteiger partial charge in [-0.2, -0.15) is 0 Å². The van der Waals surface area contributed by atoms with E-state index in [1.54, 1.807) is 13.2 Å². The maximum Gasteiger partial charge on any atom is 0.264 e. The number of ether oxygens (including phenoxy) is 3. The summed E-state index contributed by atoms with van der Waals surface area (Å²) in [6.45, 7) is 4.64. The number of carbonyl (C=O) groups excluding carboxylic acids is 1. The van der Waals surface area contributed by atoms with Crippen molar-refractivity contribution in [1.29, 1.82) is 0 Å². The summed E-state index contributed by atoms with van der Waals surface area (Å²) in [7, 11) is -2.24. The van der Waals surface area contributed by atoms with Crippen LogP contribution in [-0.4, -0.2) is 65.2 Å². The molecular formula is C37H47ClN2O6S. The number of carbonyl (C=O) groups is 1. The standard InChI is InChI=1S/C37H47ClN2O6S/c1-24-6-3-9-33(44-2)30-13-10-27(30)21-40-22-37(16-4-7-25-18-28(38)12-14-31(25)37)23-46-34-15-11-26(19-32(34)40)36(41)39-47(42,43)35(24)20-29-8-5-17-45-29/h3,9,11-12,14-15,18-19,24,27,29-30,33,35H,4-8,10,13,16-17,20-23H2,1-2H3,(H,39,41)/b9-3+/t24-,27-,29-,30+,33-,35-,37-/m0/s1. The maximum absolute atomic E-state index is 13.9. The van der Waals surface area contributed by atoms with Crippen LogP contribution < -0.4 is 14.4 Å². The van der Waals surface area contributed by atoms with E-state index >= 15 is 0 Å². The summed E-state index contributed by atoms with van der Waals surface area (Å²) in [4.78, 5) is 16.2. The number of hydrogen-bond donors (Lipinski definition) is 1. The molecule has 1 saturated carbocycles. The van der Waals surface area contributed by atoms with Gasteiger partial charge >= 0.3 is 0 Å². The van der Waals surface area contributed by atoms with Crippen molar-refractivity contribution < 1.29 is 27.4 Å². The Hall–Kier alpha value is -2.59. The van der Waals surface area contributed by atoms with Crippen LogP contribution in [0.5, 0.6) is 5.75 Å². The number of sulfonamides is 1. The SMILES string of the molecule is CO[C@H]1/C=C/C[C@H](C)[C@H](C[C@@H]2CCCO2)S(=O)(=O)NC(=O)c2ccc3c(c2)N(C[C@@H]2CC[C@H]21)C[C@@]1(CCCc2cc(Cl)ccc21)CO3. The second-order valence-electron chi connectivity index (χ2n) is 14.5. The van der Waals surface area contributed by atoms with Crippen molar-refractivity contribution in [3.8, 4) is 5.75 Å². The molecule has 10 heteroatoms. The highest BCUT2D eigenvalue weighted by atomic mass is 35.5. The Morgan fingerprint density at radius 2 is 2.00 bits per heavy atom. The van der Waals surface area contributed by atoms with Gasteiger partial charge in [-0.15, -0.1) is 0 Å². The minimum Gasteiger partial charge on any atom is -0.490 e. The summed E-state index contributed by atoms with van der Waals surface area (Å²) in [6.07, 6.45) is 11.9. The van der Waals surface area contributed by atoms with Gasteiger partial charge in [0.2, 0.25) is 10.0 Å². The Bertz CT molecular complexity index is 1620. The van der Waals surface area contributed by atoms with Gasteiger partial charge in [-0.05, 0) is 117 Å². The number of hydrogen-bond acceptors (Lipinski definition) is 7. The van der Waals surface area contributed by atoms with E-state index in [2.05, 4.69) is 33.9 Å². The lowest BCUT2D eigenvalue weighted by atomic mass is 9.68. The van der Waals surface area contributed by atoms with Crippen LogP contribution in [0.2, 0.25) is 5.02 Å². The van der Waals surface area contributed by atoms with Crippen LogP contribution in [0.15, 0.2) is 48.6 Å². The first-order valence-electron chi connectivity index (χ1n) is 17.3. The third kappa shape index (κ3) is 6.57. The van der Waals surface area contributed by atoms with Crippen LogP contribution in [0.4, 0.5) is 5.69 Å². The molecule has 2 aliphatic carbocycles. The molecule has 1 amide bonds. The molecule has 2 aromatic carbocycles. The Labute approximate surface area is 284 Å². The molecule has 2 fully saturated rings. The van der Waals surface area contributed by atoms with Gasteiger partial charge in [-0.3, -0.25) is 4.79 Å². The number of anilines is 1. The van der Waals surface area contributed by atoms with E-state index in [4.69, 9.17) is 25.8 Å². The van der Waals surface area contributed by atoms with Crippen molar-refractivity contribution in [3.05, 3.63) is 70.3 Å². The molecule has 0 radical (unpaired) electrons. The number of fused-ring (bicyclic) bond motifs is 4. The summed E-state index contributed by atoms with van der Waals surface area (Å²) in [5.41, 5.74) is 3.46. The van der Waals surface area contributed by atoms with E-state index in [0.717, 1.165) is 68.7 Å². The van der Waals surface area contributed by atoms with Crippen LogP contribution in [0.1, 0.15) is 79.8 Å². The fourth-order valence-corrected chi connectivity index (χ4v) is 10.7. The predicted octanol–water partition coefficient (Wildman–Crippen LogP) is 6.45. The molecule has 5 aliphatic rings. The highest BCUT2D eigenvalue weighted by molar-refractivity contribution is 7.90. The fraction of sp³-hybridized carbons (Fsp3) is 0.595. The predicted molar refractivity (Wildman–Crippen MR) is 184 cm³/mol. The second kappa shape index (κ2) is 13.4. The summed E-state index contributed by atoms with van der Waals surface area (Å²) >= 11 is 6.44. The molecule has 2 bridgehead atoms. The van der Waals surface area contributed by atoms with Gasteiger partial charge in [0.25, 0.3) is 5.91 Å². The number of methoxy groups -OCH3 is 1. The molecule has 1 spiro atoms. The first kappa shape index (κ1) is 32.9. The largest absolute Gasteiger partial charge is 0.490 e. The Kier molecular flexibility index (Phi) is 9.37. The van der Waals surface area contributed by atoms with Crippen LogP contribution >= 0.6 is 11.6 Å². The number of benzene rings is 2. The number of nitrogens with one attached hydrogen (secondary N) is 1. The molecular weight excluding hydrogens is 636 g/mol. The minimum atomic E-state index is -4.01. The van der Waals surface area contributed by atoms with Crippen LogP contribution in [-0.2, 0) is 31.3 Å². The zero-order chi connectivity index (χ0) is 32.8. The van der Waals surface area contributed by atoms with Gasteiger partial charge in [0.1, 0.15) is 5.75 Å². The zero-order valence-corrected chi connectivity index (χ0v) is 29.0. The van der Waals surface area contributed by atoms with Crippen molar-refractivity contribution in [2.45, 2.75) is 87.6 Å². The van der Waals surface area contributed by atoms with Crippen molar-refractivity contribution >= 4 is 33.2 Å². The van der Waals surface area contributed by atoms with Gasteiger partial charge < -0.3 is 19.1 Å². The molecule has 47 heavy (non-hydrogen) atoms. The Morgan fingerprint density at radius 3 is 2.77 bits per heavy atom. The molecule has 7 rings (SSSR count). The quantitative estimate of drug-likeness (QED) is 0.372. The average Bonchev–Trinajstić information content (AvgIpc) is 3.51. The molecule has 2 aromatic rings. The molecule has 3 aliphatic heterocycles. The smallest absolute Gasteiger partial charge is 0.264 e. The molecule has 0 unspecified atom stereocenters. The van der Waals surface area contributed by atoms with Gasteiger partial charge in [0.05, 0.1) is 29.8 Å². The van der Waals surface area contributed by atoms with E-state index in [9.17, 15) is 13.2 Å². The van der Waals surface area contributed by atoms with Crippen molar-refractivity contribution in [2.24, 2.45) is 17.8 Å². The molecule has 7 atom stereocenters. The maximum atomic E-state index is 13.9. The van der Waals surface area contributed by atoms with Crippen LogP contribution in [0.3, 0.4) is 0 Å². The summed E-state index contributed by atoms with van der Waals surface area (Å²) < 4.78 is 48.9. The van der Waals surface area contributed by atoms with E-state index in [-0.39, 0.29) is 23.5 Å². The number of aryl methyl sites for hydroxylation is 1. The number of amides is 1. The minimum absolute atomic E-state index is 0.0534. The van der Waals surface area contributed by atoms with E-state index in [1.807, 2.05) is 25.1 Å². The topological polar surface area (TPSA) is 94.2 Å². The van der Waals surface area contributed by atoms with E-state index in [1.165, 1.54) is 11.1 Å². The van der Waals surface area contributed by atoms with Crippen molar-refractivity contribution in [2.75, 3.05) is 38.3 Å². The summed E-state index contributed by atoms with van der Waals surface area (Å²) in [5.74, 6) is 0.628. The average molecular weight is 683 g/mol. The summed E-state index contributed by atoms with van der Waals surface area (Å²) in [5, 5.41) is -0.0254. The van der Waals surface area contributed by atoms with Gasteiger partial charge in [0, 0.05) is 42.8 Å². The van der Waals surface area contributed by atoms with E-state index in [0.29, 0.717) is 49.2 Å². The number of nitrogens with zero attached hydrogens (tertiary/aromatic N) is 1. The Balaban J connectivity index is 1.28. The molecule has 1 N–H and O–H groups in total. The van der Waals surface area contributed by atoms with Crippen molar-refractivity contribution in [1.82, 2.24) is 4.72 Å². The number of halogens is 1. The third-order valence-corrected chi connectivity index (χ3v) is 13.7. The lowest BCUT2D eigenvalue weighted by Gasteiger charge is -2.46. The second-order valence-corrected chi connectivity index (χ2v) is 16.9. The fourth-order valence-electron chi connectivity index (χ4n) is 8.79. The normalized spacial score (nSPS) is 34.3. The first-order valence-corrected chi connectivity index (χ1v) is 19.3. The molecule has 1 saturated heterocycles. The van der Waals surface area contributed by atoms with Crippen LogP contribution in [0, 0.1) is 17.8 Å². The lowest BCUT2D eigenvalue weighted by Crippen LogP contribution is -2.49. The van der Waals surface area contributed by atoms with Gasteiger partial charge in [-0.1, -0.05) is 36.7 Å². The lowest BCUT2D eigenvalue weighted by molar-refractivity contribution is 0.0131. The van der Waals surface area contributed by atoms with Crippen molar-refractivity contribution in [3.63, 3.8) is 0 Å². The van der Waals surface area contributed by atoms with Crippen LogP contribution in [0.25, 0.3) is 0 Å². The van der Waals surface area contributed by atoms with Gasteiger partial charge in [-0.25, -0.2) is 13.1 Å². The monoisotopic (exact) mass is 682 g/mol. The Morgan fingerprint density at radius 1 is 1.13 bits per heavy atom. The van der Waals surface area contributed by atoms with E-state index < -0.39 is 21.2 Å². The summed E-state index contributed by atoms with van der Waals surface area (Å²) in [6, 6.07) is 11.6. The highest BCUT2D eigenvalue weighted by Gasteiger charge is 2.45. The number of allylic oxidation sites excluding steroid dienone is 1. The molecule has 8 nitrogen and oxygen atoms in total. The molecule has 254 valence electrons. The zero-order valence-electron chi connectivity index (χ0n) is 27.5.